The quantitative estimate of drug-likeness (QED) is 0.676. The lowest BCUT2D eigenvalue weighted by Gasteiger charge is -2.24. The van der Waals surface area contributed by atoms with Gasteiger partial charge >= 0.3 is 0 Å². The van der Waals surface area contributed by atoms with Gasteiger partial charge in [0.05, 0.1) is 0 Å². The number of anilines is 1. The molecule has 1 saturated heterocycles. The molecule has 2 atom stereocenters. The summed E-state index contributed by atoms with van der Waals surface area (Å²) in [6.07, 6.45) is 1.32. The van der Waals surface area contributed by atoms with Crippen molar-refractivity contribution < 1.29 is 0 Å². The number of benzene rings is 1. The normalized spacial score (nSPS) is 30.5. The van der Waals surface area contributed by atoms with Crippen LogP contribution in [0.4, 0.5) is 5.69 Å². The summed E-state index contributed by atoms with van der Waals surface area (Å²) in [6, 6.07) is 9.48. The lowest BCUT2D eigenvalue weighted by Crippen LogP contribution is -2.26. The molecule has 2 heterocycles. The van der Waals surface area contributed by atoms with Crippen LogP contribution in [0.2, 0.25) is 0 Å². The Labute approximate surface area is 82.9 Å². The SMILES string of the molecule is c1ccc2c(c1)NC1CCSCC21. The third kappa shape index (κ3) is 1.16. The first kappa shape index (κ1) is 7.74. The van der Waals surface area contributed by atoms with Gasteiger partial charge in [-0.05, 0) is 23.8 Å². The molecule has 2 unspecified atom stereocenters. The van der Waals surface area contributed by atoms with Crippen LogP contribution in [0.5, 0.6) is 0 Å². The lowest BCUT2D eigenvalue weighted by atomic mass is 9.95. The van der Waals surface area contributed by atoms with Crippen LogP contribution in [0.25, 0.3) is 0 Å². The van der Waals surface area contributed by atoms with Crippen molar-refractivity contribution in [3.05, 3.63) is 29.8 Å². The second-order valence-corrected chi connectivity index (χ2v) is 4.96. The van der Waals surface area contributed by atoms with E-state index < -0.39 is 0 Å². The average molecular weight is 191 g/mol. The maximum atomic E-state index is 3.62. The van der Waals surface area contributed by atoms with Gasteiger partial charge in [0.2, 0.25) is 0 Å². The molecule has 13 heavy (non-hydrogen) atoms. The minimum absolute atomic E-state index is 0.721. The second-order valence-electron chi connectivity index (χ2n) is 3.81. The average Bonchev–Trinajstić information content (AvgIpc) is 2.56. The molecule has 0 amide bonds. The molecule has 2 aliphatic rings. The molecule has 2 aliphatic heterocycles. The van der Waals surface area contributed by atoms with E-state index in [4.69, 9.17) is 0 Å². The van der Waals surface area contributed by atoms with Gasteiger partial charge in [-0.3, -0.25) is 0 Å². The van der Waals surface area contributed by atoms with Crippen LogP contribution < -0.4 is 5.32 Å². The van der Waals surface area contributed by atoms with Gasteiger partial charge in [-0.2, -0.15) is 11.8 Å². The van der Waals surface area contributed by atoms with Crippen LogP contribution in [0.3, 0.4) is 0 Å². The van der Waals surface area contributed by atoms with Gasteiger partial charge < -0.3 is 5.32 Å². The first-order valence-electron chi connectivity index (χ1n) is 4.88. The van der Waals surface area contributed by atoms with Crippen molar-refractivity contribution in [2.24, 2.45) is 0 Å². The van der Waals surface area contributed by atoms with Crippen molar-refractivity contribution in [3.63, 3.8) is 0 Å². The Morgan fingerprint density at radius 2 is 2.23 bits per heavy atom. The predicted molar refractivity (Wildman–Crippen MR) is 58.5 cm³/mol. The van der Waals surface area contributed by atoms with Crippen molar-refractivity contribution in [2.45, 2.75) is 18.4 Å². The summed E-state index contributed by atoms with van der Waals surface area (Å²) < 4.78 is 0. The summed E-state index contributed by atoms with van der Waals surface area (Å²) >= 11 is 2.09. The predicted octanol–water partition coefficient (Wildman–Crippen LogP) is 2.70. The molecule has 1 aromatic carbocycles. The fourth-order valence-corrected chi connectivity index (χ4v) is 3.62. The number of para-hydroxylation sites is 1. The van der Waals surface area contributed by atoms with E-state index in [1.807, 2.05) is 0 Å². The molecular weight excluding hydrogens is 178 g/mol. The summed E-state index contributed by atoms with van der Waals surface area (Å²) in [5.74, 6) is 3.39. The Morgan fingerprint density at radius 1 is 1.31 bits per heavy atom. The third-order valence-electron chi connectivity index (χ3n) is 3.06. The topological polar surface area (TPSA) is 12.0 Å². The number of fused-ring (bicyclic) bond motifs is 3. The zero-order chi connectivity index (χ0) is 8.67. The Balaban J connectivity index is 2.01. The highest BCUT2D eigenvalue weighted by atomic mass is 32.2. The van der Waals surface area contributed by atoms with Crippen LogP contribution in [-0.4, -0.2) is 17.5 Å². The van der Waals surface area contributed by atoms with E-state index in [9.17, 15) is 0 Å². The number of rotatable bonds is 0. The maximum absolute atomic E-state index is 3.62. The molecular formula is C11H13NS. The van der Waals surface area contributed by atoms with Crippen molar-refractivity contribution in [1.82, 2.24) is 0 Å². The molecule has 1 N–H and O–H groups in total. The summed E-state index contributed by atoms with van der Waals surface area (Å²) in [5.41, 5.74) is 2.92. The summed E-state index contributed by atoms with van der Waals surface area (Å²) in [5, 5.41) is 3.62. The van der Waals surface area contributed by atoms with Crippen molar-refractivity contribution in [2.75, 3.05) is 16.8 Å². The molecule has 3 rings (SSSR count). The molecule has 0 aromatic heterocycles. The van der Waals surface area contributed by atoms with Crippen LogP contribution in [-0.2, 0) is 0 Å². The highest BCUT2D eigenvalue weighted by molar-refractivity contribution is 7.99. The third-order valence-corrected chi connectivity index (χ3v) is 4.18. The van der Waals surface area contributed by atoms with E-state index in [0.29, 0.717) is 0 Å². The van der Waals surface area contributed by atoms with E-state index in [1.54, 1.807) is 5.56 Å². The zero-order valence-corrected chi connectivity index (χ0v) is 8.31. The number of nitrogens with one attached hydrogen (secondary N) is 1. The molecule has 2 heteroatoms. The molecule has 68 valence electrons. The van der Waals surface area contributed by atoms with E-state index >= 15 is 0 Å². The minimum atomic E-state index is 0.721. The fraction of sp³-hybridized carbons (Fsp3) is 0.455. The standard InChI is InChI=1S/C11H13NS/c1-2-4-10-8(3-1)9-7-13-6-5-11(9)12-10/h1-4,9,11-12H,5-7H2. The van der Waals surface area contributed by atoms with Gasteiger partial charge in [-0.15, -0.1) is 0 Å². The monoisotopic (exact) mass is 191 g/mol. The molecule has 0 radical (unpaired) electrons. The maximum Gasteiger partial charge on any atom is 0.0379 e. The first-order chi connectivity index (χ1) is 6.45. The van der Waals surface area contributed by atoms with E-state index in [2.05, 4.69) is 41.3 Å². The number of thioether (sulfide) groups is 1. The van der Waals surface area contributed by atoms with Gasteiger partial charge in [-0.1, -0.05) is 18.2 Å². The molecule has 0 saturated carbocycles. The molecule has 1 aromatic rings. The fourth-order valence-electron chi connectivity index (χ4n) is 2.37. The molecule has 1 fully saturated rings. The van der Waals surface area contributed by atoms with Crippen molar-refractivity contribution in [1.29, 1.82) is 0 Å². The van der Waals surface area contributed by atoms with E-state index in [1.165, 1.54) is 23.6 Å². The van der Waals surface area contributed by atoms with Crippen molar-refractivity contribution in [3.8, 4) is 0 Å². The largest absolute Gasteiger partial charge is 0.381 e. The highest BCUT2D eigenvalue weighted by Gasteiger charge is 2.33. The van der Waals surface area contributed by atoms with E-state index in [-0.39, 0.29) is 0 Å². The first-order valence-corrected chi connectivity index (χ1v) is 6.04. The van der Waals surface area contributed by atoms with Crippen LogP contribution >= 0.6 is 11.8 Å². The summed E-state index contributed by atoms with van der Waals surface area (Å²) in [6.45, 7) is 0. The lowest BCUT2D eigenvalue weighted by molar-refractivity contribution is 0.614. The van der Waals surface area contributed by atoms with Gasteiger partial charge in [0.1, 0.15) is 0 Å². The Hall–Kier alpha value is -0.630. The minimum Gasteiger partial charge on any atom is -0.381 e. The summed E-state index contributed by atoms with van der Waals surface area (Å²) in [4.78, 5) is 0. The van der Waals surface area contributed by atoms with Gasteiger partial charge in [0.25, 0.3) is 0 Å². The van der Waals surface area contributed by atoms with Crippen LogP contribution in [0.1, 0.15) is 17.9 Å². The Bertz CT molecular complexity index is 324. The Kier molecular flexibility index (Phi) is 1.76. The Morgan fingerprint density at radius 3 is 3.23 bits per heavy atom. The molecule has 1 nitrogen and oxygen atoms in total. The van der Waals surface area contributed by atoms with Gasteiger partial charge in [-0.25, -0.2) is 0 Å². The summed E-state index contributed by atoms with van der Waals surface area (Å²) in [7, 11) is 0. The molecule has 0 bridgehead atoms. The van der Waals surface area contributed by atoms with Gasteiger partial charge in [0.15, 0.2) is 0 Å². The van der Waals surface area contributed by atoms with Crippen molar-refractivity contribution >= 4 is 17.4 Å². The highest BCUT2D eigenvalue weighted by Crippen LogP contribution is 2.41. The second kappa shape index (κ2) is 2.95. The van der Waals surface area contributed by atoms with Crippen LogP contribution in [0, 0.1) is 0 Å². The number of hydrogen-bond acceptors (Lipinski definition) is 2. The molecule has 0 aliphatic carbocycles. The zero-order valence-electron chi connectivity index (χ0n) is 7.49. The van der Waals surface area contributed by atoms with E-state index in [0.717, 1.165) is 12.0 Å². The van der Waals surface area contributed by atoms with Crippen LogP contribution in [0.15, 0.2) is 24.3 Å². The number of hydrogen-bond donors (Lipinski definition) is 1. The smallest absolute Gasteiger partial charge is 0.0379 e. The van der Waals surface area contributed by atoms with Gasteiger partial charge in [0, 0.05) is 23.4 Å². The molecule has 0 spiro atoms.